The summed E-state index contributed by atoms with van der Waals surface area (Å²) in [7, 11) is 0. The molecule has 0 atom stereocenters. The Hall–Kier alpha value is -1.84. The molecule has 0 aliphatic rings. The summed E-state index contributed by atoms with van der Waals surface area (Å²) in [6, 6.07) is 7.60. The van der Waals surface area contributed by atoms with E-state index in [4.69, 9.17) is 0 Å². The van der Waals surface area contributed by atoms with E-state index in [9.17, 15) is 19.8 Å². The second-order valence-electron chi connectivity index (χ2n) is 5.42. The first-order chi connectivity index (χ1) is 9.22. The van der Waals surface area contributed by atoms with E-state index in [2.05, 4.69) is 13.8 Å². The molecule has 0 fully saturated rings. The van der Waals surface area contributed by atoms with Crippen molar-refractivity contribution < 1.29 is 19.8 Å². The minimum absolute atomic E-state index is 0.00161. The summed E-state index contributed by atoms with van der Waals surface area (Å²) in [5.41, 5.74) is 2.02. The van der Waals surface area contributed by atoms with Crippen LogP contribution in [0.15, 0.2) is 24.3 Å². The molecule has 0 aromatic heterocycles. The molecule has 0 radical (unpaired) electrons. The molecule has 1 aromatic rings. The highest BCUT2D eigenvalue weighted by atomic mass is 16.4. The van der Waals surface area contributed by atoms with Gasteiger partial charge in [-0.3, -0.25) is 0 Å². The molecule has 0 aliphatic heterocycles. The van der Waals surface area contributed by atoms with Crippen molar-refractivity contribution in [1.82, 2.24) is 0 Å². The minimum atomic E-state index is -1.03. The zero-order valence-electron chi connectivity index (χ0n) is 12.5. The number of benzene rings is 1. The van der Waals surface area contributed by atoms with E-state index in [1.165, 1.54) is 5.56 Å². The van der Waals surface area contributed by atoms with Crippen LogP contribution in [0.4, 0.5) is 0 Å². The Kier molecular flexibility index (Phi) is 8.29. The van der Waals surface area contributed by atoms with Gasteiger partial charge in [-0.1, -0.05) is 52.0 Å². The molecule has 1 aromatic carbocycles. The van der Waals surface area contributed by atoms with Crippen molar-refractivity contribution in [3.05, 3.63) is 35.4 Å². The fourth-order valence-corrected chi connectivity index (χ4v) is 1.52. The minimum Gasteiger partial charge on any atom is -0.550 e. The Balaban J connectivity index is 0.000000441. The molecular weight excluding hydrogens is 256 g/mol. The molecule has 0 spiro atoms. The summed E-state index contributed by atoms with van der Waals surface area (Å²) < 4.78 is 0. The van der Waals surface area contributed by atoms with E-state index in [-0.39, 0.29) is 18.8 Å². The summed E-state index contributed by atoms with van der Waals surface area (Å²) >= 11 is 0. The zero-order chi connectivity index (χ0) is 15.7. The third kappa shape index (κ3) is 9.14. The zero-order valence-corrected chi connectivity index (χ0v) is 12.5. The molecule has 4 heteroatoms. The molecule has 0 heterocycles. The van der Waals surface area contributed by atoms with Gasteiger partial charge in [0.25, 0.3) is 0 Å². The van der Waals surface area contributed by atoms with E-state index in [0.717, 1.165) is 5.56 Å². The maximum Gasteiger partial charge on any atom is 0.0458 e. The van der Waals surface area contributed by atoms with Gasteiger partial charge in [-0.25, -0.2) is 0 Å². The van der Waals surface area contributed by atoms with Gasteiger partial charge in [0.2, 0.25) is 0 Å². The largest absolute Gasteiger partial charge is 0.550 e. The van der Waals surface area contributed by atoms with E-state index in [0.29, 0.717) is 5.92 Å². The fourth-order valence-electron chi connectivity index (χ4n) is 1.52. The monoisotopic (exact) mass is 278 g/mol. The van der Waals surface area contributed by atoms with Gasteiger partial charge in [-0.05, 0) is 29.4 Å². The second kappa shape index (κ2) is 9.13. The van der Waals surface area contributed by atoms with Gasteiger partial charge in [-0.15, -0.1) is 0 Å². The van der Waals surface area contributed by atoms with E-state index in [1.54, 1.807) is 0 Å². The van der Waals surface area contributed by atoms with Gasteiger partial charge in [0.15, 0.2) is 0 Å². The van der Waals surface area contributed by atoms with Gasteiger partial charge in [0.1, 0.15) is 0 Å². The second-order valence-corrected chi connectivity index (χ2v) is 5.42. The number of hydrogen-bond acceptors (Lipinski definition) is 4. The van der Waals surface area contributed by atoms with Gasteiger partial charge in [0.05, 0.1) is 0 Å². The summed E-state index contributed by atoms with van der Waals surface area (Å²) in [5.74, 6) is -1.30. The summed E-state index contributed by atoms with van der Waals surface area (Å²) in [6.07, 6.45) is 0.165. The van der Waals surface area contributed by atoms with Crippen molar-refractivity contribution in [1.29, 1.82) is 0 Å². The highest BCUT2D eigenvalue weighted by Crippen LogP contribution is 2.14. The predicted octanol–water partition coefficient (Wildman–Crippen LogP) is 0.885. The molecule has 0 aliphatic carbocycles. The smallest absolute Gasteiger partial charge is 0.0458 e. The number of rotatable bonds is 5. The maximum absolute atomic E-state index is 10.3. The molecule has 1 rings (SSSR count). The van der Waals surface area contributed by atoms with E-state index in [1.807, 2.05) is 38.1 Å². The Labute approximate surface area is 120 Å². The number of carbonyl (C=O) groups is 2. The summed E-state index contributed by atoms with van der Waals surface area (Å²) in [6.45, 7) is 7.90. The van der Waals surface area contributed by atoms with Crippen molar-refractivity contribution in [3.8, 4) is 0 Å². The van der Waals surface area contributed by atoms with Crippen molar-refractivity contribution in [2.24, 2.45) is 5.92 Å². The predicted molar refractivity (Wildman–Crippen MR) is 73.7 cm³/mol. The number of aliphatic carboxylic acids is 2. The first-order valence-corrected chi connectivity index (χ1v) is 6.70. The maximum atomic E-state index is 10.3. The lowest BCUT2D eigenvalue weighted by molar-refractivity contribution is -0.307. The van der Waals surface area contributed by atoms with Gasteiger partial charge in [-0.2, -0.15) is 0 Å². The van der Waals surface area contributed by atoms with Crippen LogP contribution >= 0.6 is 0 Å². The Bertz CT molecular complexity index is 419. The highest BCUT2D eigenvalue weighted by Gasteiger charge is 1.98. The Morgan fingerprint density at radius 2 is 1.45 bits per heavy atom. The van der Waals surface area contributed by atoms with Crippen LogP contribution in [0.5, 0.6) is 0 Å². The molecule has 0 saturated carbocycles. The highest BCUT2D eigenvalue weighted by molar-refractivity contribution is 5.67. The topological polar surface area (TPSA) is 80.3 Å². The van der Waals surface area contributed by atoms with Crippen LogP contribution in [-0.4, -0.2) is 11.9 Å². The van der Waals surface area contributed by atoms with Crippen LogP contribution in [0, 0.1) is 5.92 Å². The fraction of sp³-hybridized carbons (Fsp3) is 0.500. The van der Waals surface area contributed by atoms with Crippen molar-refractivity contribution in [2.75, 3.05) is 0 Å². The third-order valence-corrected chi connectivity index (χ3v) is 2.57. The molecular formula is C16H22O4-2. The lowest BCUT2D eigenvalue weighted by Crippen LogP contribution is -2.24. The standard InChI is InChI=1S/C11H14O2.C5H10O2/c1-8(2)10-5-3-9(4-6-10)7-11(12)13;1-4(2)3-5(6)7/h3-6,8H,7H2,1-2H3,(H,12,13);4H,3H2,1-2H3,(H,6,7)/p-2. The molecule has 0 unspecified atom stereocenters. The molecule has 0 amide bonds. The normalized spacial score (nSPS) is 10.1. The van der Waals surface area contributed by atoms with Crippen LogP contribution in [0.2, 0.25) is 0 Å². The van der Waals surface area contributed by atoms with Crippen LogP contribution in [-0.2, 0) is 16.0 Å². The summed E-state index contributed by atoms with van der Waals surface area (Å²) in [4.78, 5) is 20.0. The van der Waals surface area contributed by atoms with E-state index < -0.39 is 11.9 Å². The first kappa shape index (κ1) is 18.2. The lowest BCUT2D eigenvalue weighted by Gasteiger charge is -2.06. The van der Waals surface area contributed by atoms with Gasteiger partial charge < -0.3 is 19.8 Å². The molecule has 20 heavy (non-hydrogen) atoms. The Morgan fingerprint density at radius 1 is 0.950 bits per heavy atom. The van der Waals surface area contributed by atoms with Gasteiger partial charge >= 0.3 is 0 Å². The quantitative estimate of drug-likeness (QED) is 0.801. The van der Waals surface area contributed by atoms with E-state index >= 15 is 0 Å². The average molecular weight is 278 g/mol. The van der Waals surface area contributed by atoms with Crippen molar-refractivity contribution in [3.63, 3.8) is 0 Å². The van der Waals surface area contributed by atoms with Crippen LogP contribution in [0.25, 0.3) is 0 Å². The van der Waals surface area contributed by atoms with Crippen molar-refractivity contribution in [2.45, 2.75) is 46.5 Å². The van der Waals surface area contributed by atoms with Gasteiger partial charge in [0, 0.05) is 18.4 Å². The molecule has 0 bridgehead atoms. The molecule has 0 N–H and O–H groups in total. The summed E-state index contributed by atoms with van der Waals surface area (Å²) in [5, 5.41) is 20.0. The molecule has 0 saturated heterocycles. The number of carboxylic acids is 2. The SMILES string of the molecule is CC(C)CC(=O)[O-].CC(C)c1ccc(CC(=O)[O-])cc1. The Morgan fingerprint density at radius 3 is 1.70 bits per heavy atom. The average Bonchev–Trinajstić information content (AvgIpc) is 2.27. The molecule has 4 nitrogen and oxygen atoms in total. The van der Waals surface area contributed by atoms with Crippen LogP contribution < -0.4 is 10.2 Å². The van der Waals surface area contributed by atoms with Crippen LogP contribution in [0.1, 0.15) is 51.2 Å². The van der Waals surface area contributed by atoms with Crippen molar-refractivity contribution >= 4 is 11.9 Å². The van der Waals surface area contributed by atoms with Crippen LogP contribution in [0.3, 0.4) is 0 Å². The third-order valence-electron chi connectivity index (χ3n) is 2.57. The number of carboxylic acid groups (broad SMARTS) is 2. The lowest BCUT2D eigenvalue weighted by atomic mass is 10.0. The number of carbonyl (C=O) groups excluding carboxylic acids is 2. The molecule has 112 valence electrons. The number of hydrogen-bond donors (Lipinski definition) is 0. The first-order valence-electron chi connectivity index (χ1n) is 6.70.